The lowest BCUT2D eigenvalue weighted by atomic mass is 9.33. The van der Waals surface area contributed by atoms with Crippen molar-refractivity contribution in [1.29, 1.82) is 0 Å². The van der Waals surface area contributed by atoms with Crippen molar-refractivity contribution in [2.45, 2.75) is 305 Å². The summed E-state index contributed by atoms with van der Waals surface area (Å²) in [6.07, 6.45) is -36.4. The highest BCUT2D eigenvalue weighted by atomic mass is 16.8. The van der Waals surface area contributed by atoms with E-state index in [1.54, 1.807) is 0 Å². The number of hydrogen-bond acceptors (Lipinski definition) is 29. The number of esters is 1. The lowest BCUT2D eigenvalue weighted by molar-refractivity contribution is -0.391. The van der Waals surface area contributed by atoms with Gasteiger partial charge in [0.1, 0.15) is 116 Å². The van der Waals surface area contributed by atoms with E-state index in [1.807, 2.05) is 0 Å². The van der Waals surface area contributed by atoms with Gasteiger partial charge in [-0.3, -0.25) is 4.79 Å². The van der Waals surface area contributed by atoms with Crippen LogP contribution in [0.5, 0.6) is 0 Å². The Labute approximate surface area is 540 Å². The zero-order chi connectivity index (χ0) is 67.7. The van der Waals surface area contributed by atoms with Gasteiger partial charge in [-0.2, -0.15) is 0 Å². The van der Waals surface area contributed by atoms with Gasteiger partial charge >= 0.3 is 5.97 Å². The van der Waals surface area contributed by atoms with Crippen LogP contribution in [-0.4, -0.2) is 292 Å². The molecule has 11 rings (SSSR count). The second-order valence-corrected chi connectivity index (χ2v) is 31.0. The van der Waals surface area contributed by atoms with Crippen LogP contribution in [-0.2, 0) is 61.6 Å². The van der Waals surface area contributed by atoms with E-state index in [0.717, 1.165) is 12.8 Å². The molecular formula is C64H104O29. The molecule has 0 bridgehead atoms. The standard InChI is InChI=1S/C64H104O29/c1-25-36(69)40(73)44(77)53(84-25)92-51-47(80)49(90-52-43(76)37(70)29(67)23-82-52)32(22-66)87-57(51)88-35-13-14-61(7)33(60(35,5)6)12-15-63(9)34(61)11-10-27-28-20-59(3,4)16-18-64(28,19-17-62(27,63)8)58(81)93-56-50(38(71)30(68)24-83-56)91-54-46(79)42(75)48(26(2)85-54)89-55-45(78)41(74)39(72)31(21-65)86-55/h10,25-26,28-57,65-80H,11-24H2,1-9H3/t25-,26+,28+,29+,30+,31-,32-,33+,34-,35+,36+,37-,38+,39+,40-,41-,42+,43-,44+,45+,46+,47-,48+,49-,50+,51-,52+,53-,54-,55-,56-,57+,61-,62-,63+,64+/m0/s1. The lowest BCUT2D eigenvalue weighted by Gasteiger charge is -2.71. The predicted molar refractivity (Wildman–Crippen MR) is 313 cm³/mol. The van der Waals surface area contributed by atoms with Crippen molar-refractivity contribution in [2.75, 3.05) is 26.4 Å². The molecule has 6 aliphatic heterocycles. The molecule has 0 spiro atoms. The summed E-state index contributed by atoms with van der Waals surface area (Å²) >= 11 is 0. The summed E-state index contributed by atoms with van der Waals surface area (Å²) in [4.78, 5) is 15.5. The van der Waals surface area contributed by atoms with Crippen molar-refractivity contribution in [3.8, 4) is 0 Å². The molecule has 534 valence electrons. The largest absolute Gasteiger partial charge is 0.432 e. The molecule has 0 aromatic rings. The first-order valence-corrected chi connectivity index (χ1v) is 33.4. The van der Waals surface area contributed by atoms with E-state index in [2.05, 4.69) is 54.5 Å². The van der Waals surface area contributed by atoms with Crippen molar-refractivity contribution < 1.29 is 143 Å². The molecule has 0 unspecified atom stereocenters. The van der Waals surface area contributed by atoms with E-state index in [-0.39, 0.29) is 34.0 Å². The highest BCUT2D eigenvalue weighted by Gasteiger charge is 2.71. The first kappa shape index (κ1) is 72.4. The van der Waals surface area contributed by atoms with Crippen LogP contribution in [0, 0.1) is 50.2 Å². The molecule has 0 aromatic heterocycles. The van der Waals surface area contributed by atoms with Crippen LogP contribution in [0.3, 0.4) is 0 Å². The molecule has 6 heterocycles. The molecule has 93 heavy (non-hydrogen) atoms. The van der Waals surface area contributed by atoms with Gasteiger partial charge in [-0.1, -0.05) is 60.1 Å². The predicted octanol–water partition coefficient (Wildman–Crippen LogP) is -3.05. The Bertz CT molecular complexity index is 2620. The van der Waals surface area contributed by atoms with Gasteiger partial charge in [-0.25, -0.2) is 0 Å². The molecular weight excluding hydrogens is 1230 g/mol. The second-order valence-electron chi connectivity index (χ2n) is 31.0. The monoisotopic (exact) mass is 1340 g/mol. The Morgan fingerprint density at radius 2 is 1.02 bits per heavy atom. The SMILES string of the molecule is C[C@@H]1O[C@@H](O[C@@H]2[C@@H](O[C@@H]3CC[C@@]4(C)[C@H](CC[C@]5(C)[C@H]4CC=C4[C@H]6CC(C)(C)CC[C@@]6(C(=O)O[C@@H]6OC[C@@H](O)[C@@H](O)[C@H]6O[C@@H]6O[C@H](C)[C@@H](O[C@@H]7O[C@@H](CO)[C@@H](O)[C@H](O)[C@H]7O)[C@H](O)[C@H]6O)CC[C@@]45C)C3(C)C)O[C@@H](CO)[C@H](O[C@H]3OC[C@@H](O)[C@H](O)[C@@H]3O)[C@@H]2O)[C@H](O)[C@@H](O)[C@@H]1O. The van der Waals surface area contributed by atoms with Crippen molar-refractivity contribution in [2.24, 2.45) is 50.2 Å². The van der Waals surface area contributed by atoms with E-state index in [9.17, 15) is 81.7 Å². The number of aliphatic hydroxyl groups is 16. The number of fused-ring (bicyclic) bond motifs is 7. The van der Waals surface area contributed by atoms with Crippen LogP contribution in [0.2, 0.25) is 0 Å². The van der Waals surface area contributed by atoms with Gasteiger partial charge in [0.2, 0.25) is 6.29 Å². The van der Waals surface area contributed by atoms with E-state index in [4.69, 9.17) is 56.8 Å². The van der Waals surface area contributed by atoms with Gasteiger partial charge in [0.25, 0.3) is 0 Å². The first-order valence-electron chi connectivity index (χ1n) is 33.4. The molecule has 0 radical (unpaired) electrons. The van der Waals surface area contributed by atoms with E-state index >= 15 is 4.79 Å². The Morgan fingerprint density at radius 1 is 0.484 bits per heavy atom. The van der Waals surface area contributed by atoms with Gasteiger partial charge in [0.15, 0.2) is 37.6 Å². The van der Waals surface area contributed by atoms with Crippen molar-refractivity contribution in [3.63, 3.8) is 0 Å². The summed E-state index contributed by atoms with van der Waals surface area (Å²) in [7, 11) is 0. The van der Waals surface area contributed by atoms with Gasteiger partial charge < -0.3 is 139 Å². The molecule has 29 heteroatoms. The van der Waals surface area contributed by atoms with Gasteiger partial charge in [-0.15, -0.1) is 0 Å². The van der Waals surface area contributed by atoms with Crippen molar-refractivity contribution >= 4 is 5.97 Å². The number of rotatable bonds is 14. The number of hydrogen-bond donors (Lipinski definition) is 16. The molecule has 0 aromatic carbocycles. The zero-order valence-corrected chi connectivity index (χ0v) is 54.4. The maximum atomic E-state index is 15.5. The fourth-order valence-corrected chi connectivity index (χ4v) is 18.8. The number of allylic oxidation sites excluding steroid dienone is 2. The summed E-state index contributed by atoms with van der Waals surface area (Å²) in [5.41, 5.74) is -1.58. The minimum atomic E-state index is -1.92. The summed E-state index contributed by atoms with van der Waals surface area (Å²) in [5.74, 6) is -0.645. The average Bonchev–Trinajstić information content (AvgIpc) is 0.676. The Balaban J connectivity index is 0.808. The molecule has 11 aliphatic rings. The van der Waals surface area contributed by atoms with Crippen molar-refractivity contribution in [3.05, 3.63) is 11.6 Å². The molecule has 4 saturated carbocycles. The van der Waals surface area contributed by atoms with Gasteiger partial charge in [0, 0.05) is 0 Å². The molecule has 10 fully saturated rings. The maximum Gasteiger partial charge on any atom is 0.315 e. The van der Waals surface area contributed by atoms with E-state index < -0.39 is 227 Å². The number of carbonyl (C=O) groups excluding carboxylic acids is 1. The van der Waals surface area contributed by atoms with Gasteiger partial charge in [-0.05, 0) is 123 Å². The lowest BCUT2D eigenvalue weighted by Crippen LogP contribution is -2.67. The third-order valence-electron chi connectivity index (χ3n) is 24.8. The first-order chi connectivity index (χ1) is 43.6. The van der Waals surface area contributed by atoms with Crippen LogP contribution in [0.15, 0.2) is 11.6 Å². The zero-order valence-electron chi connectivity index (χ0n) is 54.4. The van der Waals surface area contributed by atoms with Crippen LogP contribution < -0.4 is 0 Å². The molecule has 6 saturated heterocycles. The number of carbonyl (C=O) groups is 1. The van der Waals surface area contributed by atoms with Gasteiger partial charge in [0.05, 0.1) is 50.2 Å². The fraction of sp³-hybridized carbons (Fsp3) is 0.953. The minimum Gasteiger partial charge on any atom is -0.432 e. The Kier molecular flexibility index (Phi) is 20.9. The summed E-state index contributed by atoms with van der Waals surface area (Å²) in [6.45, 7) is 16.4. The summed E-state index contributed by atoms with van der Waals surface area (Å²) in [5, 5.41) is 173. The third kappa shape index (κ3) is 12.4. The topological polar surface area (TPSA) is 452 Å². The van der Waals surface area contributed by atoms with E-state index in [0.29, 0.717) is 51.4 Å². The molecule has 29 nitrogen and oxygen atoms in total. The Hall–Kier alpha value is -1.87. The summed E-state index contributed by atoms with van der Waals surface area (Å²) in [6, 6.07) is 0. The van der Waals surface area contributed by atoms with Crippen LogP contribution in [0.4, 0.5) is 0 Å². The number of aliphatic hydroxyl groups excluding tert-OH is 16. The molecule has 16 N–H and O–H groups in total. The second kappa shape index (κ2) is 26.9. The highest BCUT2D eigenvalue weighted by molar-refractivity contribution is 5.79. The minimum absolute atomic E-state index is 0.0503. The number of ether oxygens (including phenoxy) is 12. The maximum absolute atomic E-state index is 15.5. The smallest absolute Gasteiger partial charge is 0.315 e. The Morgan fingerprint density at radius 3 is 1.68 bits per heavy atom. The highest BCUT2D eigenvalue weighted by Crippen LogP contribution is 2.76. The third-order valence-corrected chi connectivity index (χ3v) is 24.8. The van der Waals surface area contributed by atoms with Crippen LogP contribution in [0.25, 0.3) is 0 Å². The van der Waals surface area contributed by atoms with E-state index in [1.165, 1.54) is 19.4 Å². The molecule has 5 aliphatic carbocycles. The quantitative estimate of drug-likeness (QED) is 0.0467. The fourth-order valence-electron chi connectivity index (χ4n) is 18.8. The normalized spacial score (nSPS) is 54.7. The van der Waals surface area contributed by atoms with Crippen molar-refractivity contribution in [1.82, 2.24) is 0 Å². The average molecular weight is 1340 g/mol. The summed E-state index contributed by atoms with van der Waals surface area (Å²) < 4.78 is 72.8. The molecule has 0 amide bonds. The van der Waals surface area contributed by atoms with Crippen LogP contribution >= 0.6 is 0 Å². The van der Waals surface area contributed by atoms with Crippen LogP contribution in [0.1, 0.15) is 127 Å². The molecule has 36 atom stereocenters.